The predicted octanol–water partition coefficient (Wildman–Crippen LogP) is 1.75. The van der Waals surface area contributed by atoms with Crippen LogP contribution in [0.1, 0.15) is 5.56 Å². The maximum atomic E-state index is 10.5. The van der Waals surface area contributed by atoms with Crippen molar-refractivity contribution in [2.75, 3.05) is 0 Å². The zero-order valence-electron chi connectivity index (χ0n) is 7.43. The Balaban J connectivity index is 2.51. The molecule has 0 amide bonds. The molecule has 2 rings (SSSR count). The Kier molecular flexibility index (Phi) is 2.50. The van der Waals surface area contributed by atoms with Gasteiger partial charge in [-0.15, -0.1) is 0 Å². The van der Waals surface area contributed by atoms with E-state index in [4.69, 9.17) is 0 Å². The Morgan fingerprint density at radius 3 is 2.86 bits per heavy atom. The van der Waals surface area contributed by atoms with Crippen molar-refractivity contribution in [2.24, 2.45) is 0 Å². The van der Waals surface area contributed by atoms with Crippen LogP contribution in [-0.4, -0.2) is 8.42 Å². The minimum atomic E-state index is -2.34. The normalized spacial score (nSPS) is 10.9. The highest BCUT2D eigenvalue weighted by Gasteiger charge is 1.96. The SMILES string of the molecule is O=[SH](=O)Cc1ccc2[c]cccc2c1. The monoisotopic (exact) mass is 205 g/mol. The van der Waals surface area contributed by atoms with Crippen LogP contribution in [0.2, 0.25) is 0 Å². The summed E-state index contributed by atoms with van der Waals surface area (Å²) in [7, 11) is -2.34. The molecule has 0 N–H and O–H groups in total. The molecule has 0 saturated heterocycles. The minimum absolute atomic E-state index is 0.111. The van der Waals surface area contributed by atoms with Gasteiger partial charge in [-0.3, -0.25) is 0 Å². The summed E-state index contributed by atoms with van der Waals surface area (Å²) < 4.78 is 21.1. The maximum absolute atomic E-state index is 10.5. The van der Waals surface area contributed by atoms with Crippen molar-refractivity contribution in [2.45, 2.75) is 5.75 Å². The van der Waals surface area contributed by atoms with E-state index in [9.17, 15) is 8.42 Å². The van der Waals surface area contributed by atoms with Crippen LogP contribution in [0.4, 0.5) is 0 Å². The average molecular weight is 205 g/mol. The molecule has 2 nitrogen and oxygen atoms in total. The van der Waals surface area contributed by atoms with Crippen molar-refractivity contribution in [1.29, 1.82) is 0 Å². The number of hydrogen-bond donors (Lipinski definition) is 1. The van der Waals surface area contributed by atoms with Gasteiger partial charge in [0, 0.05) is 0 Å². The lowest BCUT2D eigenvalue weighted by molar-refractivity contribution is 0.614. The molecule has 2 aromatic rings. The third-order valence-corrected chi connectivity index (χ3v) is 2.66. The molecule has 0 bridgehead atoms. The summed E-state index contributed by atoms with van der Waals surface area (Å²) in [5.41, 5.74) is 0.827. The largest absolute Gasteiger partial charge is 0.232 e. The van der Waals surface area contributed by atoms with Crippen molar-refractivity contribution in [3.05, 3.63) is 48.0 Å². The highest BCUT2D eigenvalue weighted by molar-refractivity contribution is 7.71. The molecule has 0 unspecified atom stereocenters. The van der Waals surface area contributed by atoms with Gasteiger partial charge >= 0.3 is 0 Å². The highest BCUT2D eigenvalue weighted by Crippen LogP contribution is 2.15. The van der Waals surface area contributed by atoms with Gasteiger partial charge in [-0.1, -0.05) is 36.4 Å². The Bertz CT molecular complexity index is 522. The van der Waals surface area contributed by atoms with Gasteiger partial charge in [-0.05, 0) is 22.4 Å². The highest BCUT2D eigenvalue weighted by atomic mass is 32.2. The molecule has 0 aromatic heterocycles. The number of rotatable bonds is 2. The molecule has 71 valence electrons. The van der Waals surface area contributed by atoms with Gasteiger partial charge in [-0.2, -0.15) is 0 Å². The number of benzene rings is 2. The fourth-order valence-electron chi connectivity index (χ4n) is 1.42. The number of hydrogen-bond acceptors (Lipinski definition) is 2. The van der Waals surface area contributed by atoms with Crippen LogP contribution in [0, 0.1) is 6.07 Å². The summed E-state index contributed by atoms with van der Waals surface area (Å²) in [6.07, 6.45) is 0. The maximum Gasteiger partial charge on any atom is 0.144 e. The third kappa shape index (κ3) is 1.93. The summed E-state index contributed by atoms with van der Waals surface area (Å²) in [4.78, 5) is 0. The molecule has 0 aliphatic rings. The first kappa shape index (κ1) is 9.21. The molecule has 0 aliphatic carbocycles. The molecule has 0 heterocycles. The van der Waals surface area contributed by atoms with Gasteiger partial charge < -0.3 is 0 Å². The summed E-state index contributed by atoms with van der Waals surface area (Å²) in [6, 6.07) is 14.4. The summed E-state index contributed by atoms with van der Waals surface area (Å²) in [5, 5.41) is 2.04. The van der Waals surface area contributed by atoms with Crippen molar-refractivity contribution in [3.8, 4) is 0 Å². The Morgan fingerprint density at radius 2 is 2.07 bits per heavy atom. The zero-order chi connectivity index (χ0) is 9.97. The van der Waals surface area contributed by atoms with Crippen molar-refractivity contribution >= 4 is 21.5 Å². The van der Waals surface area contributed by atoms with Gasteiger partial charge in [0.25, 0.3) is 0 Å². The lowest BCUT2D eigenvalue weighted by Crippen LogP contribution is -1.86. The average Bonchev–Trinajstić information content (AvgIpc) is 2.17. The van der Waals surface area contributed by atoms with Crippen LogP contribution in [0.15, 0.2) is 36.4 Å². The standard InChI is InChI=1S/C11H9O2S/c12-14(13)8-9-5-6-10-3-1-2-4-11(10)7-9/h1-2,4-7,14H,8H2. The fourth-order valence-corrected chi connectivity index (χ4v) is 1.91. The minimum Gasteiger partial charge on any atom is -0.232 e. The van der Waals surface area contributed by atoms with Crippen LogP contribution < -0.4 is 0 Å². The quantitative estimate of drug-likeness (QED) is 0.758. The van der Waals surface area contributed by atoms with Gasteiger partial charge in [0.2, 0.25) is 0 Å². The molecule has 0 saturated carbocycles. The van der Waals surface area contributed by atoms with E-state index >= 15 is 0 Å². The van der Waals surface area contributed by atoms with E-state index < -0.39 is 10.7 Å². The fraction of sp³-hybridized carbons (Fsp3) is 0.0909. The first-order valence-corrected chi connectivity index (χ1v) is 5.63. The van der Waals surface area contributed by atoms with E-state index in [0.717, 1.165) is 16.3 Å². The van der Waals surface area contributed by atoms with Gasteiger partial charge in [0.15, 0.2) is 0 Å². The van der Waals surface area contributed by atoms with Crippen molar-refractivity contribution < 1.29 is 8.42 Å². The summed E-state index contributed by atoms with van der Waals surface area (Å²) in [5.74, 6) is 0.111. The molecule has 0 fully saturated rings. The second-order valence-electron chi connectivity index (χ2n) is 3.08. The second kappa shape index (κ2) is 3.80. The van der Waals surface area contributed by atoms with Crippen LogP contribution in [0.3, 0.4) is 0 Å². The van der Waals surface area contributed by atoms with E-state index in [1.54, 1.807) is 0 Å². The van der Waals surface area contributed by atoms with Gasteiger partial charge in [-0.25, -0.2) is 8.42 Å². The Morgan fingerprint density at radius 1 is 1.21 bits per heavy atom. The first-order valence-electron chi connectivity index (χ1n) is 4.27. The van der Waals surface area contributed by atoms with Crippen LogP contribution >= 0.6 is 0 Å². The summed E-state index contributed by atoms with van der Waals surface area (Å²) in [6.45, 7) is 0. The molecular formula is C11H9O2S. The molecule has 3 heteroatoms. The van der Waals surface area contributed by atoms with Crippen LogP contribution in [0.25, 0.3) is 10.8 Å². The first-order chi connectivity index (χ1) is 6.75. The Labute approximate surface area is 84.1 Å². The lowest BCUT2D eigenvalue weighted by atomic mass is 10.1. The Hall–Kier alpha value is -1.35. The molecule has 14 heavy (non-hydrogen) atoms. The van der Waals surface area contributed by atoms with E-state index in [-0.39, 0.29) is 5.75 Å². The predicted molar refractivity (Wildman–Crippen MR) is 56.8 cm³/mol. The van der Waals surface area contributed by atoms with Crippen molar-refractivity contribution in [3.63, 3.8) is 0 Å². The van der Waals surface area contributed by atoms with E-state index in [1.807, 2.05) is 36.4 Å². The summed E-state index contributed by atoms with van der Waals surface area (Å²) >= 11 is 0. The van der Waals surface area contributed by atoms with Gasteiger partial charge in [0.05, 0.1) is 5.75 Å². The molecule has 2 aromatic carbocycles. The smallest absolute Gasteiger partial charge is 0.144 e. The second-order valence-corrected chi connectivity index (χ2v) is 4.06. The topological polar surface area (TPSA) is 34.1 Å². The zero-order valence-corrected chi connectivity index (χ0v) is 8.33. The van der Waals surface area contributed by atoms with Gasteiger partial charge in [0.1, 0.15) is 10.7 Å². The third-order valence-electron chi connectivity index (χ3n) is 2.04. The number of fused-ring (bicyclic) bond motifs is 1. The number of thiol groups is 1. The van der Waals surface area contributed by atoms with Crippen LogP contribution in [0.5, 0.6) is 0 Å². The van der Waals surface area contributed by atoms with E-state index in [2.05, 4.69) is 6.07 Å². The van der Waals surface area contributed by atoms with E-state index in [0.29, 0.717) is 0 Å². The molecule has 0 spiro atoms. The van der Waals surface area contributed by atoms with E-state index in [1.165, 1.54) is 0 Å². The van der Waals surface area contributed by atoms with Crippen molar-refractivity contribution in [1.82, 2.24) is 0 Å². The van der Waals surface area contributed by atoms with Crippen LogP contribution in [-0.2, 0) is 16.5 Å². The lowest BCUT2D eigenvalue weighted by Gasteiger charge is -1.99. The molecule has 1 radical (unpaired) electrons. The molecule has 0 aliphatic heterocycles. The molecular weight excluding hydrogens is 196 g/mol. The molecule has 0 atom stereocenters.